The van der Waals surface area contributed by atoms with Crippen molar-refractivity contribution in [2.75, 3.05) is 19.7 Å². The molecule has 0 saturated carbocycles. The number of ether oxygens (including phenoxy) is 1. The van der Waals surface area contributed by atoms with E-state index in [1.165, 1.54) is 6.07 Å². The molecule has 1 fully saturated rings. The zero-order chi connectivity index (χ0) is 15.2. The van der Waals surface area contributed by atoms with Crippen LogP contribution in [0, 0.1) is 23.1 Å². The topological polar surface area (TPSA) is 53.3 Å². The highest BCUT2D eigenvalue weighted by Crippen LogP contribution is 2.20. The van der Waals surface area contributed by atoms with E-state index >= 15 is 0 Å². The Balaban J connectivity index is 1.99. The third-order valence-corrected chi connectivity index (χ3v) is 3.68. The van der Waals surface area contributed by atoms with Gasteiger partial charge in [0.2, 0.25) is 0 Å². The van der Waals surface area contributed by atoms with Gasteiger partial charge in [0, 0.05) is 13.1 Å². The standard InChI is InChI=1S/C16H19FN2O2/c1-2-21-16(20)13-4-3-7-19(11-13)10-12-5-6-15(17)14(8-12)9-18/h5-6,8,13H,2-4,7,10-11H2,1H3. The highest BCUT2D eigenvalue weighted by molar-refractivity contribution is 5.72. The second-order valence-electron chi connectivity index (χ2n) is 5.25. The first-order chi connectivity index (χ1) is 10.1. The smallest absolute Gasteiger partial charge is 0.310 e. The van der Waals surface area contributed by atoms with Crippen molar-refractivity contribution < 1.29 is 13.9 Å². The number of rotatable bonds is 4. The minimum atomic E-state index is -0.496. The fourth-order valence-corrected chi connectivity index (χ4v) is 2.67. The molecule has 1 aromatic carbocycles. The number of nitriles is 1. The van der Waals surface area contributed by atoms with Gasteiger partial charge in [-0.1, -0.05) is 6.07 Å². The third-order valence-electron chi connectivity index (χ3n) is 3.68. The van der Waals surface area contributed by atoms with Gasteiger partial charge in [0.05, 0.1) is 18.1 Å². The summed E-state index contributed by atoms with van der Waals surface area (Å²) in [5, 5.41) is 8.86. The van der Waals surface area contributed by atoms with E-state index in [1.54, 1.807) is 19.1 Å². The Kier molecular flexibility index (Phi) is 5.29. The molecule has 0 bridgehead atoms. The van der Waals surface area contributed by atoms with Gasteiger partial charge in [-0.3, -0.25) is 9.69 Å². The SMILES string of the molecule is CCOC(=O)C1CCCN(Cc2ccc(F)c(C#N)c2)C1. The molecule has 1 atom stereocenters. The summed E-state index contributed by atoms with van der Waals surface area (Å²) < 4.78 is 18.4. The molecule has 2 rings (SSSR count). The number of hydrogen-bond acceptors (Lipinski definition) is 4. The normalized spacial score (nSPS) is 19.0. The highest BCUT2D eigenvalue weighted by Gasteiger charge is 2.26. The van der Waals surface area contributed by atoms with Gasteiger partial charge in [-0.2, -0.15) is 5.26 Å². The molecule has 4 nitrogen and oxygen atoms in total. The zero-order valence-corrected chi connectivity index (χ0v) is 12.1. The van der Waals surface area contributed by atoms with E-state index in [1.807, 2.05) is 6.07 Å². The summed E-state index contributed by atoms with van der Waals surface area (Å²) >= 11 is 0. The number of halogens is 1. The van der Waals surface area contributed by atoms with Gasteiger partial charge >= 0.3 is 5.97 Å². The van der Waals surface area contributed by atoms with Crippen molar-refractivity contribution in [1.29, 1.82) is 5.26 Å². The summed E-state index contributed by atoms with van der Waals surface area (Å²) in [6.45, 7) is 4.37. The maximum Gasteiger partial charge on any atom is 0.310 e. The molecule has 0 radical (unpaired) electrons. The fraction of sp³-hybridized carbons (Fsp3) is 0.500. The van der Waals surface area contributed by atoms with Gasteiger partial charge in [0.1, 0.15) is 11.9 Å². The van der Waals surface area contributed by atoms with E-state index < -0.39 is 5.82 Å². The third kappa shape index (κ3) is 4.02. The molecule has 0 amide bonds. The minimum Gasteiger partial charge on any atom is -0.466 e. The zero-order valence-electron chi connectivity index (χ0n) is 12.1. The van der Waals surface area contributed by atoms with Gasteiger partial charge < -0.3 is 4.74 Å². The van der Waals surface area contributed by atoms with Gasteiger partial charge in [0.25, 0.3) is 0 Å². The number of carbonyl (C=O) groups excluding carboxylic acids is 1. The summed E-state index contributed by atoms with van der Waals surface area (Å²) in [7, 11) is 0. The number of likely N-dealkylation sites (tertiary alicyclic amines) is 1. The number of benzene rings is 1. The molecule has 1 heterocycles. The van der Waals surface area contributed by atoms with Crippen molar-refractivity contribution in [2.24, 2.45) is 5.92 Å². The molecule has 1 aliphatic rings. The molecular weight excluding hydrogens is 271 g/mol. The predicted molar refractivity (Wildman–Crippen MR) is 75.7 cm³/mol. The molecule has 0 spiro atoms. The van der Waals surface area contributed by atoms with E-state index in [2.05, 4.69) is 4.90 Å². The molecule has 0 N–H and O–H groups in total. The lowest BCUT2D eigenvalue weighted by molar-refractivity contribution is -0.150. The van der Waals surface area contributed by atoms with Crippen molar-refractivity contribution in [3.63, 3.8) is 0 Å². The minimum absolute atomic E-state index is 0.0615. The lowest BCUT2D eigenvalue weighted by Gasteiger charge is -2.31. The average molecular weight is 290 g/mol. The summed E-state index contributed by atoms with van der Waals surface area (Å²) in [5.74, 6) is -0.724. The van der Waals surface area contributed by atoms with Crippen LogP contribution in [0.1, 0.15) is 30.9 Å². The monoisotopic (exact) mass is 290 g/mol. The molecule has 1 aromatic rings. The summed E-state index contributed by atoms with van der Waals surface area (Å²) in [6.07, 6.45) is 1.79. The van der Waals surface area contributed by atoms with Crippen LogP contribution in [0.2, 0.25) is 0 Å². The van der Waals surface area contributed by atoms with E-state index in [0.29, 0.717) is 19.7 Å². The van der Waals surface area contributed by atoms with Crippen molar-refractivity contribution in [3.8, 4) is 6.07 Å². The highest BCUT2D eigenvalue weighted by atomic mass is 19.1. The predicted octanol–water partition coefficient (Wildman–Crippen LogP) is 2.47. The van der Waals surface area contributed by atoms with E-state index in [9.17, 15) is 9.18 Å². The lowest BCUT2D eigenvalue weighted by Crippen LogP contribution is -2.38. The molecule has 0 aromatic heterocycles. The fourth-order valence-electron chi connectivity index (χ4n) is 2.67. The second kappa shape index (κ2) is 7.19. The second-order valence-corrected chi connectivity index (χ2v) is 5.25. The van der Waals surface area contributed by atoms with E-state index in [0.717, 1.165) is 24.9 Å². The van der Waals surface area contributed by atoms with E-state index in [4.69, 9.17) is 10.00 Å². The largest absolute Gasteiger partial charge is 0.466 e. The van der Waals surface area contributed by atoms with Crippen molar-refractivity contribution >= 4 is 5.97 Å². The van der Waals surface area contributed by atoms with Crippen molar-refractivity contribution in [1.82, 2.24) is 4.90 Å². The number of piperidine rings is 1. The van der Waals surface area contributed by atoms with Crippen molar-refractivity contribution in [3.05, 3.63) is 35.1 Å². The summed E-state index contributed by atoms with van der Waals surface area (Å²) in [4.78, 5) is 14.0. The first kappa shape index (κ1) is 15.5. The number of hydrogen-bond donors (Lipinski definition) is 0. The molecule has 21 heavy (non-hydrogen) atoms. The van der Waals surface area contributed by atoms with Crippen LogP contribution in [0.5, 0.6) is 0 Å². The maximum atomic E-state index is 13.3. The lowest BCUT2D eigenvalue weighted by atomic mass is 9.97. The molecule has 0 aliphatic carbocycles. The number of carbonyl (C=O) groups is 1. The molecule has 1 aliphatic heterocycles. The Labute approximate surface area is 124 Å². The maximum absolute atomic E-state index is 13.3. The Morgan fingerprint density at radius 1 is 1.57 bits per heavy atom. The van der Waals surface area contributed by atoms with Crippen LogP contribution in [-0.2, 0) is 16.1 Å². The summed E-state index contributed by atoms with van der Waals surface area (Å²) in [5.41, 5.74) is 0.948. The van der Waals surface area contributed by atoms with Gasteiger partial charge in [-0.15, -0.1) is 0 Å². The van der Waals surface area contributed by atoms with Crippen LogP contribution >= 0.6 is 0 Å². The van der Waals surface area contributed by atoms with Crippen LogP contribution in [0.25, 0.3) is 0 Å². The van der Waals surface area contributed by atoms with Crippen LogP contribution < -0.4 is 0 Å². The van der Waals surface area contributed by atoms with E-state index in [-0.39, 0.29) is 17.5 Å². The molecular formula is C16H19FN2O2. The summed E-state index contributed by atoms with van der Waals surface area (Å²) in [6, 6.07) is 6.43. The number of nitrogens with zero attached hydrogens (tertiary/aromatic N) is 2. The first-order valence-corrected chi connectivity index (χ1v) is 7.21. The molecule has 1 unspecified atom stereocenters. The Morgan fingerprint density at radius 2 is 2.38 bits per heavy atom. The van der Waals surface area contributed by atoms with Crippen LogP contribution in [0.4, 0.5) is 4.39 Å². The molecule has 5 heteroatoms. The molecule has 112 valence electrons. The van der Waals surface area contributed by atoms with Gasteiger partial charge in [-0.25, -0.2) is 4.39 Å². The van der Waals surface area contributed by atoms with Gasteiger partial charge in [-0.05, 0) is 44.0 Å². The number of esters is 1. The van der Waals surface area contributed by atoms with Gasteiger partial charge in [0.15, 0.2) is 0 Å². The quantitative estimate of drug-likeness (QED) is 0.799. The first-order valence-electron chi connectivity index (χ1n) is 7.21. The Hall–Kier alpha value is -1.93. The van der Waals surface area contributed by atoms with Crippen molar-refractivity contribution in [2.45, 2.75) is 26.3 Å². The average Bonchev–Trinajstić information content (AvgIpc) is 2.50. The Bertz CT molecular complexity index is 554. The molecule has 1 saturated heterocycles. The Morgan fingerprint density at radius 3 is 3.10 bits per heavy atom. The van der Waals surface area contributed by atoms with Crippen LogP contribution in [0.15, 0.2) is 18.2 Å². The van der Waals surface area contributed by atoms with Crippen LogP contribution in [0.3, 0.4) is 0 Å². The van der Waals surface area contributed by atoms with Crippen LogP contribution in [-0.4, -0.2) is 30.6 Å².